The van der Waals surface area contributed by atoms with Gasteiger partial charge in [-0.15, -0.1) is 0 Å². The number of allylic oxidation sites excluding steroid dienone is 1. The zero-order valence-corrected chi connectivity index (χ0v) is 12.7. The first-order valence-electron chi connectivity index (χ1n) is 7.38. The lowest BCUT2D eigenvalue weighted by Crippen LogP contribution is -2.42. The first kappa shape index (κ1) is 16.1. The number of hydrogen-bond donors (Lipinski definition) is 1. The predicted octanol–water partition coefficient (Wildman–Crippen LogP) is 3.04. The Morgan fingerprint density at radius 3 is 2.58 bits per heavy atom. The summed E-state index contributed by atoms with van der Waals surface area (Å²) < 4.78 is 0. The molecule has 0 amide bonds. The molecule has 108 valence electrons. The van der Waals surface area contributed by atoms with Crippen LogP contribution in [0.2, 0.25) is 0 Å². The largest absolute Gasteiger partial charge is 0.304 e. The van der Waals surface area contributed by atoms with Crippen molar-refractivity contribution in [2.45, 2.75) is 65.8 Å². The molecule has 1 aliphatic rings. The van der Waals surface area contributed by atoms with E-state index in [1.807, 2.05) is 20.8 Å². The van der Waals surface area contributed by atoms with E-state index in [0.717, 1.165) is 13.0 Å². The second-order valence-corrected chi connectivity index (χ2v) is 6.19. The lowest BCUT2D eigenvalue weighted by molar-refractivity contribution is -0.131. The van der Waals surface area contributed by atoms with Gasteiger partial charge in [0, 0.05) is 11.8 Å². The average molecular weight is 265 g/mol. The van der Waals surface area contributed by atoms with Crippen molar-refractivity contribution in [2.75, 3.05) is 6.54 Å². The highest BCUT2D eigenvalue weighted by Gasteiger charge is 2.37. The lowest BCUT2D eigenvalue weighted by Gasteiger charge is -2.24. The second-order valence-electron chi connectivity index (χ2n) is 6.19. The van der Waals surface area contributed by atoms with Crippen LogP contribution in [0.3, 0.4) is 0 Å². The minimum Gasteiger partial charge on any atom is -0.304 e. The van der Waals surface area contributed by atoms with Crippen molar-refractivity contribution < 1.29 is 9.59 Å². The van der Waals surface area contributed by atoms with E-state index in [0.29, 0.717) is 12.0 Å². The highest BCUT2D eigenvalue weighted by atomic mass is 16.1. The molecule has 0 spiro atoms. The molecule has 1 rings (SSSR count). The fourth-order valence-corrected chi connectivity index (χ4v) is 2.43. The maximum absolute atomic E-state index is 12.4. The monoisotopic (exact) mass is 265 g/mol. The second kappa shape index (κ2) is 6.99. The molecule has 0 heterocycles. The van der Waals surface area contributed by atoms with Gasteiger partial charge in [0.05, 0.1) is 6.04 Å². The summed E-state index contributed by atoms with van der Waals surface area (Å²) in [6.07, 6.45) is 6.85. The van der Waals surface area contributed by atoms with Gasteiger partial charge in [-0.1, -0.05) is 46.1 Å². The molecule has 19 heavy (non-hydrogen) atoms. The van der Waals surface area contributed by atoms with E-state index < -0.39 is 5.41 Å². The van der Waals surface area contributed by atoms with Gasteiger partial charge in [-0.05, 0) is 25.5 Å². The van der Waals surface area contributed by atoms with E-state index >= 15 is 0 Å². The van der Waals surface area contributed by atoms with E-state index in [4.69, 9.17) is 0 Å². The summed E-state index contributed by atoms with van der Waals surface area (Å²) >= 11 is 0. The maximum Gasteiger partial charge on any atom is 0.159 e. The van der Waals surface area contributed by atoms with Crippen molar-refractivity contribution in [3.8, 4) is 0 Å². The van der Waals surface area contributed by atoms with Crippen LogP contribution in [-0.4, -0.2) is 24.2 Å². The molecule has 1 unspecified atom stereocenters. The molecule has 3 nitrogen and oxygen atoms in total. The number of ketones is 2. The Kier molecular flexibility index (Phi) is 5.92. The molecule has 1 N–H and O–H groups in total. The number of hydrogen-bond acceptors (Lipinski definition) is 3. The lowest BCUT2D eigenvalue weighted by atomic mass is 9.81. The molecule has 0 aromatic heterocycles. The maximum atomic E-state index is 12.4. The minimum atomic E-state index is -0.563. The Bertz CT molecular complexity index is 369. The predicted molar refractivity (Wildman–Crippen MR) is 78.1 cm³/mol. The smallest absolute Gasteiger partial charge is 0.159 e. The summed E-state index contributed by atoms with van der Waals surface area (Å²) in [4.78, 5) is 24.3. The van der Waals surface area contributed by atoms with E-state index in [-0.39, 0.29) is 17.6 Å². The number of unbranched alkanes of at least 4 members (excludes halogenated alkanes) is 3. The van der Waals surface area contributed by atoms with Gasteiger partial charge in [-0.2, -0.15) is 0 Å². The molecule has 0 aromatic carbocycles. The standard InChI is InChI=1S/C16H27NO2/c1-5-6-7-8-9-17-13-10-12(2)14(18)11-16(3,4)15(13)19/h10,13,17H,5-9,11H2,1-4H3. The van der Waals surface area contributed by atoms with Crippen LogP contribution in [0.25, 0.3) is 0 Å². The first-order valence-corrected chi connectivity index (χ1v) is 7.38. The zero-order chi connectivity index (χ0) is 14.5. The van der Waals surface area contributed by atoms with Crippen molar-refractivity contribution in [1.82, 2.24) is 5.32 Å². The van der Waals surface area contributed by atoms with Crippen molar-refractivity contribution in [3.05, 3.63) is 11.6 Å². The number of carbonyl (C=O) groups is 2. The molecule has 0 radical (unpaired) electrons. The van der Waals surface area contributed by atoms with Crippen LogP contribution in [0, 0.1) is 5.41 Å². The van der Waals surface area contributed by atoms with Gasteiger partial charge in [0.1, 0.15) is 0 Å². The molecule has 0 saturated carbocycles. The highest BCUT2D eigenvalue weighted by Crippen LogP contribution is 2.29. The molecule has 1 atom stereocenters. The Hall–Kier alpha value is -0.960. The summed E-state index contributed by atoms with van der Waals surface area (Å²) in [6.45, 7) is 8.56. The van der Waals surface area contributed by atoms with E-state index in [1.165, 1.54) is 19.3 Å². The first-order chi connectivity index (χ1) is 8.88. The third-order valence-electron chi connectivity index (χ3n) is 3.80. The van der Waals surface area contributed by atoms with Gasteiger partial charge in [-0.25, -0.2) is 0 Å². The van der Waals surface area contributed by atoms with Gasteiger partial charge >= 0.3 is 0 Å². The number of nitrogens with one attached hydrogen (secondary N) is 1. The third kappa shape index (κ3) is 4.57. The fraction of sp³-hybridized carbons (Fsp3) is 0.750. The van der Waals surface area contributed by atoms with Gasteiger partial charge in [0.2, 0.25) is 0 Å². The zero-order valence-electron chi connectivity index (χ0n) is 12.7. The van der Waals surface area contributed by atoms with E-state index in [9.17, 15) is 9.59 Å². The number of carbonyl (C=O) groups excluding carboxylic acids is 2. The van der Waals surface area contributed by atoms with Crippen LogP contribution in [0.4, 0.5) is 0 Å². The highest BCUT2D eigenvalue weighted by molar-refractivity contribution is 6.04. The topological polar surface area (TPSA) is 46.2 Å². The summed E-state index contributed by atoms with van der Waals surface area (Å²) in [5, 5.41) is 3.30. The van der Waals surface area contributed by atoms with Crippen LogP contribution in [0.5, 0.6) is 0 Å². The van der Waals surface area contributed by atoms with Crippen molar-refractivity contribution in [3.63, 3.8) is 0 Å². The summed E-state index contributed by atoms with van der Waals surface area (Å²) in [5.41, 5.74) is 0.150. The molecule has 0 aliphatic heterocycles. The van der Waals surface area contributed by atoms with Crippen LogP contribution in [0.15, 0.2) is 11.6 Å². The Morgan fingerprint density at radius 1 is 1.26 bits per heavy atom. The third-order valence-corrected chi connectivity index (χ3v) is 3.80. The van der Waals surface area contributed by atoms with Crippen molar-refractivity contribution in [2.24, 2.45) is 5.41 Å². The minimum absolute atomic E-state index is 0.0913. The SMILES string of the molecule is CCCCCCNC1C=C(C)C(=O)CC(C)(C)C1=O. The number of Topliss-reactive ketones (excluding diaryl/α,β-unsaturated/α-hetero) is 2. The van der Waals surface area contributed by atoms with Gasteiger partial charge in [-0.3, -0.25) is 9.59 Å². The average Bonchev–Trinajstić information content (AvgIpc) is 2.41. The Morgan fingerprint density at radius 2 is 1.95 bits per heavy atom. The fourth-order valence-electron chi connectivity index (χ4n) is 2.43. The normalized spacial score (nSPS) is 23.2. The van der Waals surface area contributed by atoms with Gasteiger partial charge in [0.15, 0.2) is 11.6 Å². The van der Waals surface area contributed by atoms with Gasteiger partial charge in [0.25, 0.3) is 0 Å². The molecule has 0 fully saturated rings. The van der Waals surface area contributed by atoms with Crippen molar-refractivity contribution in [1.29, 1.82) is 0 Å². The quantitative estimate of drug-likeness (QED) is 0.751. The summed E-state index contributed by atoms with van der Waals surface area (Å²) in [5.74, 6) is 0.224. The van der Waals surface area contributed by atoms with Crippen molar-refractivity contribution >= 4 is 11.6 Å². The molecule has 1 aliphatic carbocycles. The number of rotatable bonds is 6. The van der Waals surface area contributed by atoms with Crippen LogP contribution < -0.4 is 5.32 Å². The molecular weight excluding hydrogens is 238 g/mol. The van der Waals surface area contributed by atoms with E-state index in [2.05, 4.69) is 12.2 Å². The summed E-state index contributed by atoms with van der Waals surface area (Å²) in [7, 11) is 0. The Labute approximate surface area is 116 Å². The molecule has 0 bridgehead atoms. The van der Waals surface area contributed by atoms with Crippen LogP contribution in [-0.2, 0) is 9.59 Å². The molecule has 0 aromatic rings. The van der Waals surface area contributed by atoms with E-state index in [1.54, 1.807) is 6.08 Å². The summed E-state index contributed by atoms with van der Waals surface area (Å²) in [6, 6.07) is -0.303. The Balaban J connectivity index is 2.63. The van der Waals surface area contributed by atoms with Crippen LogP contribution in [0.1, 0.15) is 59.8 Å². The van der Waals surface area contributed by atoms with Gasteiger partial charge < -0.3 is 5.32 Å². The molecular formula is C16H27NO2. The molecule has 3 heteroatoms. The van der Waals surface area contributed by atoms with Crippen LogP contribution >= 0.6 is 0 Å². The molecule has 0 saturated heterocycles.